The predicted molar refractivity (Wildman–Crippen MR) is 81.7 cm³/mol. The van der Waals surface area contributed by atoms with Crippen molar-refractivity contribution in [3.8, 4) is 0 Å². The van der Waals surface area contributed by atoms with Crippen LogP contribution in [-0.4, -0.2) is 16.9 Å². The van der Waals surface area contributed by atoms with Crippen molar-refractivity contribution in [2.24, 2.45) is 5.73 Å². The Balaban J connectivity index is 2.89. The van der Waals surface area contributed by atoms with Gasteiger partial charge < -0.3 is 11.1 Å². The van der Waals surface area contributed by atoms with E-state index in [9.17, 15) is 14.9 Å². The maximum atomic E-state index is 11.9. The van der Waals surface area contributed by atoms with Crippen molar-refractivity contribution in [1.29, 1.82) is 0 Å². The molecular weight excluding hydrogens is 326 g/mol. The molecule has 1 aromatic carbocycles. The molecule has 0 radical (unpaired) electrons. The Morgan fingerprint density at radius 2 is 2.20 bits per heavy atom. The third kappa shape index (κ3) is 4.28. The Morgan fingerprint density at radius 3 is 2.75 bits per heavy atom. The summed E-state index contributed by atoms with van der Waals surface area (Å²) in [7, 11) is 0. The Bertz CT molecular complexity index is 520. The summed E-state index contributed by atoms with van der Waals surface area (Å²) in [4.78, 5) is 22.3. The highest BCUT2D eigenvalue weighted by Gasteiger charge is 2.18. The Morgan fingerprint density at radius 1 is 1.55 bits per heavy atom. The second-order valence-electron chi connectivity index (χ2n) is 4.61. The molecule has 0 saturated heterocycles. The maximum absolute atomic E-state index is 11.9. The lowest BCUT2D eigenvalue weighted by atomic mass is 10.1. The first kappa shape index (κ1) is 16.6. The number of carbonyl (C=O) groups is 1. The Labute approximate surface area is 126 Å². The number of halogens is 1. The first-order valence-electron chi connectivity index (χ1n) is 6.37. The minimum atomic E-state index is -0.609. The first-order chi connectivity index (χ1) is 9.36. The SMILES string of the molecule is CCCC[C@H](N)C(=O)Nc1cc([N+](=O)[O-])c(C)cc1Br. The van der Waals surface area contributed by atoms with Gasteiger partial charge in [0.05, 0.1) is 16.7 Å². The van der Waals surface area contributed by atoms with Gasteiger partial charge in [0.25, 0.3) is 5.69 Å². The monoisotopic (exact) mass is 343 g/mol. The van der Waals surface area contributed by atoms with E-state index in [0.717, 1.165) is 12.8 Å². The fourth-order valence-electron chi connectivity index (χ4n) is 1.73. The average molecular weight is 344 g/mol. The summed E-state index contributed by atoms with van der Waals surface area (Å²) in [5, 5.41) is 13.5. The van der Waals surface area contributed by atoms with Gasteiger partial charge in [-0.1, -0.05) is 19.8 Å². The Hall–Kier alpha value is -1.47. The van der Waals surface area contributed by atoms with Crippen molar-refractivity contribution in [3.05, 3.63) is 32.3 Å². The molecule has 1 atom stereocenters. The molecule has 0 fully saturated rings. The molecule has 7 heteroatoms. The number of nitrogens with two attached hydrogens (primary N) is 1. The minimum Gasteiger partial charge on any atom is -0.323 e. The highest BCUT2D eigenvalue weighted by molar-refractivity contribution is 9.10. The number of amides is 1. The molecule has 1 rings (SSSR count). The van der Waals surface area contributed by atoms with Crippen LogP contribution in [0.3, 0.4) is 0 Å². The molecule has 6 nitrogen and oxygen atoms in total. The van der Waals surface area contributed by atoms with Gasteiger partial charge in [-0.05, 0) is 35.3 Å². The number of aryl methyl sites for hydroxylation is 1. The van der Waals surface area contributed by atoms with E-state index in [1.54, 1.807) is 13.0 Å². The quantitative estimate of drug-likeness (QED) is 0.612. The molecule has 110 valence electrons. The fourth-order valence-corrected chi connectivity index (χ4v) is 2.29. The minimum absolute atomic E-state index is 0.0365. The standard InChI is InChI=1S/C13H18BrN3O3/c1-3-4-5-10(15)13(18)16-11-7-12(17(19)20)8(2)6-9(11)14/h6-7,10H,3-5,15H2,1-2H3,(H,16,18)/t10-/m0/s1. The van der Waals surface area contributed by atoms with E-state index in [-0.39, 0.29) is 11.6 Å². The molecule has 0 unspecified atom stereocenters. The zero-order chi connectivity index (χ0) is 15.3. The largest absolute Gasteiger partial charge is 0.323 e. The number of nitro groups is 1. The molecule has 0 aromatic heterocycles. The third-order valence-electron chi connectivity index (χ3n) is 2.95. The van der Waals surface area contributed by atoms with Crippen LogP contribution in [0.4, 0.5) is 11.4 Å². The van der Waals surface area contributed by atoms with Crippen LogP contribution in [0.15, 0.2) is 16.6 Å². The van der Waals surface area contributed by atoms with Crippen LogP contribution < -0.4 is 11.1 Å². The van der Waals surface area contributed by atoms with Crippen LogP contribution in [0.1, 0.15) is 31.7 Å². The van der Waals surface area contributed by atoms with Crippen LogP contribution >= 0.6 is 15.9 Å². The van der Waals surface area contributed by atoms with E-state index in [0.29, 0.717) is 22.1 Å². The summed E-state index contributed by atoms with van der Waals surface area (Å²) in [6, 6.07) is 2.33. The number of hydrogen-bond donors (Lipinski definition) is 2. The van der Waals surface area contributed by atoms with Crippen molar-refractivity contribution >= 4 is 33.2 Å². The van der Waals surface area contributed by atoms with Gasteiger partial charge >= 0.3 is 0 Å². The third-order valence-corrected chi connectivity index (χ3v) is 3.60. The van der Waals surface area contributed by atoms with Crippen molar-refractivity contribution in [2.75, 3.05) is 5.32 Å². The molecule has 0 bridgehead atoms. The number of carbonyl (C=O) groups excluding carboxylic acids is 1. The molecule has 0 aliphatic rings. The van der Waals surface area contributed by atoms with Crippen LogP contribution in [0.5, 0.6) is 0 Å². The van der Waals surface area contributed by atoms with E-state index in [2.05, 4.69) is 21.2 Å². The van der Waals surface area contributed by atoms with Crippen LogP contribution in [0.25, 0.3) is 0 Å². The van der Waals surface area contributed by atoms with E-state index < -0.39 is 11.0 Å². The van der Waals surface area contributed by atoms with Gasteiger partial charge in [0.1, 0.15) is 0 Å². The number of nitrogens with zero attached hydrogens (tertiary/aromatic N) is 1. The number of benzene rings is 1. The summed E-state index contributed by atoms with van der Waals surface area (Å²) >= 11 is 3.28. The van der Waals surface area contributed by atoms with Crippen molar-refractivity contribution < 1.29 is 9.72 Å². The second kappa shape index (κ2) is 7.35. The van der Waals surface area contributed by atoms with Gasteiger partial charge in [-0.3, -0.25) is 14.9 Å². The van der Waals surface area contributed by atoms with Gasteiger partial charge in [-0.2, -0.15) is 0 Å². The van der Waals surface area contributed by atoms with Gasteiger partial charge in [-0.25, -0.2) is 0 Å². The lowest BCUT2D eigenvalue weighted by Gasteiger charge is -2.13. The normalized spacial score (nSPS) is 12.0. The molecular formula is C13H18BrN3O3. The van der Waals surface area contributed by atoms with E-state index in [1.807, 2.05) is 6.92 Å². The molecule has 0 heterocycles. The summed E-state index contributed by atoms with van der Waals surface area (Å²) < 4.78 is 0.594. The smallest absolute Gasteiger partial charge is 0.274 e. The number of anilines is 1. The number of nitro benzene ring substituents is 1. The van der Waals surface area contributed by atoms with Gasteiger partial charge in [0, 0.05) is 16.1 Å². The zero-order valence-electron chi connectivity index (χ0n) is 11.5. The molecule has 20 heavy (non-hydrogen) atoms. The number of nitrogens with one attached hydrogen (secondary N) is 1. The number of hydrogen-bond acceptors (Lipinski definition) is 4. The van der Waals surface area contributed by atoms with Gasteiger partial charge in [0.15, 0.2) is 0 Å². The number of rotatable bonds is 6. The summed E-state index contributed by atoms with van der Waals surface area (Å²) in [5.74, 6) is -0.336. The molecule has 3 N–H and O–H groups in total. The lowest BCUT2D eigenvalue weighted by Crippen LogP contribution is -2.35. The lowest BCUT2D eigenvalue weighted by molar-refractivity contribution is -0.385. The van der Waals surface area contributed by atoms with Gasteiger partial charge in [0.2, 0.25) is 5.91 Å². The van der Waals surface area contributed by atoms with Crippen molar-refractivity contribution in [2.45, 2.75) is 39.2 Å². The van der Waals surface area contributed by atoms with Crippen molar-refractivity contribution in [3.63, 3.8) is 0 Å². The van der Waals surface area contributed by atoms with Crippen molar-refractivity contribution in [1.82, 2.24) is 0 Å². The predicted octanol–water partition coefficient (Wildman–Crippen LogP) is 3.12. The number of unbranched alkanes of at least 4 members (excludes halogenated alkanes) is 1. The van der Waals surface area contributed by atoms with Crippen LogP contribution in [0.2, 0.25) is 0 Å². The van der Waals surface area contributed by atoms with Gasteiger partial charge in [-0.15, -0.1) is 0 Å². The summed E-state index contributed by atoms with van der Waals surface area (Å²) in [6.07, 6.45) is 2.42. The van der Waals surface area contributed by atoms with Crippen LogP contribution in [0, 0.1) is 17.0 Å². The summed E-state index contributed by atoms with van der Waals surface area (Å²) in [6.45, 7) is 3.66. The highest BCUT2D eigenvalue weighted by Crippen LogP contribution is 2.30. The molecule has 1 amide bonds. The highest BCUT2D eigenvalue weighted by atomic mass is 79.9. The van der Waals surface area contributed by atoms with E-state index >= 15 is 0 Å². The molecule has 0 saturated carbocycles. The molecule has 1 aromatic rings. The molecule has 0 aliphatic carbocycles. The van der Waals surface area contributed by atoms with E-state index in [4.69, 9.17) is 5.73 Å². The van der Waals surface area contributed by atoms with E-state index in [1.165, 1.54) is 6.07 Å². The average Bonchev–Trinajstić information content (AvgIpc) is 2.38. The molecule has 0 spiro atoms. The Kier molecular flexibility index (Phi) is 6.09. The summed E-state index contributed by atoms with van der Waals surface area (Å²) in [5.41, 5.74) is 6.61. The molecule has 0 aliphatic heterocycles. The maximum Gasteiger partial charge on any atom is 0.274 e. The fraction of sp³-hybridized carbons (Fsp3) is 0.462. The van der Waals surface area contributed by atoms with Crippen LogP contribution in [-0.2, 0) is 4.79 Å². The first-order valence-corrected chi connectivity index (χ1v) is 7.17. The topological polar surface area (TPSA) is 98.3 Å². The zero-order valence-corrected chi connectivity index (χ0v) is 13.1. The second-order valence-corrected chi connectivity index (χ2v) is 5.47.